The van der Waals surface area contributed by atoms with Gasteiger partial charge in [0.15, 0.2) is 15.6 Å². The highest BCUT2D eigenvalue weighted by molar-refractivity contribution is 7.94. The molecule has 0 unspecified atom stereocenters. The van der Waals surface area contributed by atoms with Crippen LogP contribution in [-0.2, 0) is 28.8 Å². The second kappa shape index (κ2) is 6.82. The lowest BCUT2D eigenvalue weighted by Crippen LogP contribution is -2.27. The largest absolute Gasteiger partial charge is 0.463 e. The van der Waals surface area contributed by atoms with E-state index in [9.17, 15) is 13.2 Å². The predicted molar refractivity (Wildman–Crippen MR) is 83.2 cm³/mol. The average molecular weight is 340 g/mol. The van der Waals surface area contributed by atoms with Gasteiger partial charge >= 0.3 is 5.97 Å². The van der Waals surface area contributed by atoms with Crippen LogP contribution in [0.25, 0.3) is 0 Å². The van der Waals surface area contributed by atoms with E-state index in [0.29, 0.717) is 0 Å². The van der Waals surface area contributed by atoms with Crippen molar-refractivity contribution in [1.29, 1.82) is 0 Å². The highest BCUT2D eigenvalue weighted by atomic mass is 32.2. The van der Waals surface area contributed by atoms with Crippen LogP contribution in [0.3, 0.4) is 0 Å². The molecule has 1 saturated heterocycles. The summed E-state index contributed by atoms with van der Waals surface area (Å²) in [5.41, 5.74) is 0. The van der Waals surface area contributed by atoms with Crippen LogP contribution in [0.5, 0.6) is 0 Å². The minimum absolute atomic E-state index is 0.000839. The fraction of sp³-hybridized carbons (Fsp3) is 0.438. The third kappa shape index (κ3) is 4.89. The summed E-state index contributed by atoms with van der Waals surface area (Å²) < 4.78 is 40.7. The summed E-state index contributed by atoms with van der Waals surface area (Å²) in [6.45, 7) is 4.73. The van der Waals surface area contributed by atoms with Crippen LogP contribution in [0.4, 0.5) is 0 Å². The first kappa shape index (κ1) is 17.7. The number of esters is 1. The van der Waals surface area contributed by atoms with E-state index in [4.69, 9.17) is 14.2 Å². The van der Waals surface area contributed by atoms with E-state index in [0.717, 1.165) is 5.41 Å². The normalized spacial score (nSPS) is 24.0. The van der Waals surface area contributed by atoms with Gasteiger partial charge in [-0.2, -0.15) is 0 Å². The first-order valence-corrected chi connectivity index (χ1v) is 8.71. The summed E-state index contributed by atoms with van der Waals surface area (Å²) >= 11 is 0. The van der Waals surface area contributed by atoms with Gasteiger partial charge in [-0.05, 0) is 32.1 Å². The lowest BCUT2D eigenvalue weighted by molar-refractivity contribution is -0.157. The van der Waals surface area contributed by atoms with Gasteiger partial charge in [-0.3, -0.25) is 4.79 Å². The van der Waals surface area contributed by atoms with Crippen molar-refractivity contribution in [3.63, 3.8) is 0 Å². The molecule has 0 aromatic heterocycles. The number of benzene rings is 1. The van der Waals surface area contributed by atoms with E-state index in [-0.39, 0.29) is 11.5 Å². The fourth-order valence-corrected chi connectivity index (χ4v) is 3.28. The summed E-state index contributed by atoms with van der Waals surface area (Å²) in [5.74, 6) is -1.31. The Morgan fingerprint density at radius 1 is 1.26 bits per heavy atom. The van der Waals surface area contributed by atoms with Crippen LogP contribution in [0.2, 0.25) is 0 Å². The summed E-state index contributed by atoms with van der Waals surface area (Å²) in [6.07, 6.45) is 0.240. The van der Waals surface area contributed by atoms with E-state index < -0.39 is 33.8 Å². The minimum atomic E-state index is -3.56. The summed E-state index contributed by atoms with van der Waals surface area (Å²) in [6, 6.07) is 8.09. The standard InChI is InChI=1S/C16H20O6S/c1-12(17)20-11-15-14(21-16(2,3)22-15)9-10-23(18,19)13-7-5-4-6-8-13/h4-10,14-15H,11H2,1-3H3/b10-9+/t14-,15+/m0/s1. The molecule has 2 atom stereocenters. The number of hydrogen-bond acceptors (Lipinski definition) is 6. The second-order valence-corrected chi connectivity index (χ2v) is 7.46. The Morgan fingerprint density at radius 2 is 1.91 bits per heavy atom. The quantitative estimate of drug-likeness (QED) is 0.764. The summed E-state index contributed by atoms with van der Waals surface area (Å²) in [5, 5.41) is 1.10. The summed E-state index contributed by atoms with van der Waals surface area (Å²) in [7, 11) is -3.56. The zero-order valence-electron chi connectivity index (χ0n) is 13.3. The van der Waals surface area contributed by atoms with Crippen molar-refractivity contribution >= 4 is 15.8 Å². The van der Waals surface area contributed by atoms with Gasteiger partial charge in [-0.15, -0.1) is 0 Å². The first-order valence-electron chi connectivity index (χ1n) is 7.17. The average Bonchev–Trinajstić information content (AvgIpc) is 2.78. The molecule has 0 amide bonds. The van der Waals surface area contributed by atoms with E-state index in [2.05, 4.69) is 0 Å². The third-order valence-corrected chi connectivity index (χ3v) is 4.64. The maximum absolute atomic E-state index is 12.3. The Morgan fingerprint density at radius 3 is 2.52 bits per heavy atom. The number of ether oxygens (including phenoxy) is 3. The van der Waals surface area contributed by atoms with E-state index in [1.54, 1.807) is 32.0 Å². The smallest absolute Gasteiger partial charge is 0.302 e. The Kier molecular flexibility index (Phi) is 5.23. The Balaban J connectivity index is 2.14. The number of rotatable bonds is 5. The van der Waals surface area contributed by atoms with E-state index in [1.165, 1.54) is 25.1 Å². The maximum Gasteiger partial charge on any atom is 0.302 e. The number of sulfone groups is 1. The SMILES string of the molecule is CC(=O)OC[C@H]1OC(C)(C)O[C@H]1/C=C/S(=O)(=O)c1ccccc1. The highest BCUT2D eigenvalue weighted by Gasteiger charge is 2.40. The Labute approximate surface area is 136 Å². The van der Waals surface area contributed by atoms with Crippen molar-refractivity contribution in [3.8, 4) is 0 Å². The number of carbonyl (C=O) groups is 1. The molecule has 7 heteroatoms. The second-order valence-electron chi connectivity index (χ2n) is 5.63. The predicted octanol–water partition coefficient (Wildman–Crippen LogP) is 2.06. The van der Waals surface area contributed by atoms with Crippen LogP contribution in [0.1, 0.15) is 20.8 Å². The zero-order chi connectivity index (χ0) is 17.1. The fourth-order valence-electron chi connectivity index (χ4n) is 2.22. The van der Waals surface area contributed by atoms with Crippen molar-refractivity contribution in [2.75, 3.05) is 6.61 Å². The van der Waals surface area contributed by atoms with Crippen LogP contribution in [0, 0.1) is 0 Å². The molecule has 2 rings (SSSR count). The number of hydrogen-bond donors (Lipinski definition) is 0. The molecular weight excluding hydrogens is 320 g/mol. The van der Waals surface area contributed by atoms with Gasteiger partial charge in [0.2, 0.25) is 0 Å². The molecule has 0 bridgehead atoms. The van der Waals surface area contributed by atoms with Gasteiger partial charge in [-0.25, -0.2) is 8.42 Å². The number of carbonyl (C=O) groups excluding carboxylic acids is 1. The topological polar surface area (TPSA) is 78.9 Å². The van der Waals surface area contributed by atoms with Crippen LogP contribution < -0.4 is 0 Å². The molecule has 6 nitrogen and oxygen atoms in total. The molecule has 1 heterocycles. The Bertz CT molecular complexity index is 678. The molecule has 0 radical (unpaired) electrons. The van der Waals surface area contributed by atoms with Gasteiger partial charge in [0.1, 0.15) is 18.8 Å². The van der Waals surface area contributed by atoms with Crippen molar-refractivity contribution in [3.05, 3.63) is 41.8 Å². The van der Waals surface area contributed by atoms with Crippen molar-refractivity contribution in [2.45, 2.75) is 43.7 Å². The molecule has 0 aliphatic carbocycles. The molecule has 1 fully saturated rings. The lowest BCUT2D eigenvalue weighted by Gasteiger charge is -2.16. The lowest BCUT2D eigenvalue weighted by atomic mass is 10.2. The molecule has 1 aliphatic heterocycles. The van der Waals surface area contributed by atoms with Crippen molar-refractivity contribution < 1.29 is 27.4 Å². The van der Waals surface area contributed by atoms with Gasteiger partial charge < -0.3 is 14.2 Å². The molecular formula is C16H20O6S. The van der Waals surface area contributed by atoms with Gasteiger partial charge in [-0.1, -0.05) is 18.2 Å². The molecule has 0 saturated carbocycles. The molecule has 23 heavy (non-hydrogen) atoms. The first-order chi connectivity index (χ1) is 10.7. The molecule has 1 aliphatic rings. The maximum atomic E-state index is 12.3. The van der Waals surface area contributed by atoms with Crippen LogP contribution in [0.15, 0.2) is 46.7 Å². The molecule has 0 spiro atoms. The minimum Gasteiger partial charge on any atom is -0.463 e. The van der Waals surface area contributed by atoms with Crippen LogP contribution in [-0.4, -0.2) is 39.0 Å². The van der Waals surface area contributed by atoms with Crippen molar-refractivity contribution in [2.24, 2.45) is 0 Å². The summed E-state index contributed by atoms with van der Waals surface area (Å²) in [4.78, 5) is 11.1. The molecule has 126 valence electrons. The van der Waals surface area contributed by atoms with Gasteiger partial charge in [0.25, 0.3) is 0 Å². The molecule has 0 N–H and O–H groups in total. The Hall–Kier alpha value is -1.70. The van der Waals surface area contributed by atoms with E-state index in [1.807, 2.05) is 0 Å². The van der Waals surface area contributed by atoms with Crippen molar-refractivity contribution in [1.82, 2.24) is 0 Å². The third-order valence-electron chi connectivity index (χ3n) is 3.19. The molecule has 1 aromatic rings. The van der Waals surface area contributed by atoms with Gasteiger partial charge in [0, 0.05) is 12.3 Å². The van der Waals surface area contributed by atoms with E-state index >= 15 is 0 Å². The van der Waals surface area contributed by atoms with Crippen LogP contribution >= 0.6 is 0 Å². The molecule has 1 aromatic carbocycles. The van der Waals surface area contributed by atoms with Gasteiger partial charge in [0.05, 0.1) is 4.90 Å². The highest BCUT2D eigenvalue weighted by Crippen LogP contribution is 2.29. The zero-order valence-corrected chi connectivity index (χ0v) is 14.1. The monoisotopic (exact) mass is 340 g/mol.